The SMILES string of the molecule is CC1(C)C2CC3OC3(CCl)C1C2. The smallest absolute Gasteiger partial charge is 0.112 e. The van der Waals surface area contributed by atoms with Gasteiger partial charge >= 0.3 is 0 Å². The maximum atomic E-state index is 5.98. The lowest BCUT2D eigenvalue weighted by atomic mass is 9.46. The molecule has 1 nitrogen and oxygen atoms in total. The van der Waals surface area contributed by atoms with Crippen LogP contribution < -0.4 is 0 Å². The minimum absolute atomic E-state index is 0.111. The van der Waals surface area contributed by atoms with Gasteiger partial charge in [0.2, 0.25) is 0 Å². The van der Waals surface area contributed by atoms with Crippen molar-refractivity contribution in [3.63, 3.8) is 0 Å². The Morgan fingerprint density at radius 1 is 1.42 bits per heavy atom. The Kier molecular flexibility index (Phi) is 1.18. The van der Waals surface area contributed by atoms with Crippen LogP contribution in [0.15, 0.2) is 0 Å². The zero-order valence-electron chi connectivity index (χ0n) is 7.64. The number of hydrogen-bond acceptors (Lipinski definition) is 1. The highest BCUT2D eigenvalue weighted by molar-refractivity contribution is 6.18. The lowest BCUT2D eigenvalue weighted by Crippen LogP contribution is -2.57. The molecule has 4 fully saturated rings. The molecule has 4 atom stereocenters. The lowest BCUT2D eigenvalue weighted by Gasteiger charge is -2.57. The molecule has 1 aliphatic heterocycles. The van der Waals surface area contributed by atoms with Gasteiger partial charge in [-0.2, -0.15) is 0 Å². The third-order valence-corrected chi connectivity index (χ3v) is 5.03. The van der Waals surface area contributed by atoms with Crippen molar-refractivity contribution in [2.24, 2.45) is 17.3 Å². The number of ether oxygens (including phenoxy) is 1. The molecule has 0 spiro atoms. The summed E-state index contributed by atoms with van der Waals surface area (Å²) < 4.78 is 5.77. The summed E-state index contributed by atoms with van der Waals surface area (Å²) in [5.41, 5.74) is 0.613. The first-order valence-electron chi connectivity index (χ1n) is 4.85. The largest absolute Gasteiger partial charge is 0.364 e. The fraction of sp³-hybridized carbons (Fsp3) is 1.00. The monoisotopic (exact) mass is 186 g/mol. The van der Waals surface area contributed by atoms with E-state index in [4.69, 9.17) is 16.3 Å². The van der Waals surface area contributed by atoms with E-state index in [1.165, 1.54) is 12.8 Å². The van der Waals surface area contributed by atoms with E-state index in [0.717, 1.165) is 11.8 Å². The van der Waals surface area contributed by atoms with Gasteiger partial charge in [0, 0.05) is 0 Å². The van der Waals surface area contributed by atoms with Crippen LogP contribution in [0.4, 0.5) is 0 Å². The third-order valence-electron chi connectivity index (χ3n) is 4.62. The summed E-state index contributed by atoms with van der Waals surface area (Å²) >= 11 is 5.98. The molecule has 4 unspecified atom stereocenters. The van der Waals surface area contributed by atoms with Crippen molar-refractivity contribution in [1.29, 1.82) is 0 Å². The van der Waals surface area contributed by atoms with Gasteiger partial charge < -0.3 is 4.74 Å². The number of alkyl halides is 1. The Morgan fingerprint density at radius 2 is 2.17 bits per heavy atom. The van der Waals surface area contributed by atoms with Crippen molar-refractivity contribution >= 4 is 11.6 Å². The van der Waals surface area contributed by atoms with Gasteiger partial charge in [0.15, 0.2) is 0 Å². The van der Waals surface area contributed by atoms with Gasteiger partial charge in [0.05, 0.1) is 12.0 Å². The average Bonchev–Trinajstić information content (AvgIpc) is 2.77. The van der Waals surface area contributed by atoms with Crippen molar-refractivity contribution in [2.45, 2.75) is 38.4 Å². The average molecular weight is 187 g/mol. The molecule has 4 aliphatic rings. The normalized spacial score (nSPS) is 58.8. The molecule has 3 aliphatic carbocycles. The molecule has 0 aromatic heterocycles. The van der Waals surface area contributed by atoms with Gasteiger partial charge in [0.1, 0.15) is 5.60 Å². The Morgan fingerprint density at radius 3 is 2.67 bits per heavy atom. The summed E-state index contributed by atoms with van der Waals surface area (Å²) in [6, 6.07) is 0. The standard InChI is InChI=1S/C10H15ClO/c1-9(2)6-3-7(9)10(5-11)8(4-6)12-10/h6-8H,3-5H2,1-2H3. The van der Waals surface area contributed by atoms with Crippen LogP contribution in [-0.2, 0) is 4.74 Å². The first kappa shape index (κ1) is 7.64. The molecule has 2 bridgehead atoms. The van der Waals surface area contributed by atoms with Crippen LogP contribution >= 0.6 is 11.6 Å². The highest BCUT2D eigenvalue weighted by Gasteiger charge is 2.74. The van der Waals surface area contributed by atoms with Gasteiger partial charge in [-0.15, -0.1) is 11.6 Å². The molecular weight excluding hydrogens is 172 g/mol. The van der Waals surface area contributed by atoms with Crippen LogP contribution in [0, 0.1) is 17.3 Å². The van der Waals surface area contributed by atoms with Crippen LogP contribution in [0.2, 0.25) is 0 Å². The first-order chi connectivity index (χ1) is 5.61. The van der Waals surface area contributed by atoms with Gasteiger partial charge in [-0.05, 0) is 30.1 Å². The van der Waals surface area contributed by atoms with E-state index in [1.54, 1.807) is 0 Å². The zero-order chi connectivity index (χ0) is 8.56. The molecule has 3 saturated carbocycles. The molecule has 2 heteroatoms. The highest BCUT2D eigenvalue weighted by atomic mass is 35.5. The molecule has 0 amide bonds. The van der Waals surface area contributed by atoms with Crippen LogP contribution in [0.25, 0.3) is 0 Å². The number of rotatable bonds is 1. The number of halogens is 1. The van der Waals surface area contributed by atoms with Crippen molar-refractivity contribution in [3.05, 3.63) is 0 Å². The van der Waals surface area contributed by atoms with E-state index in [9.17, 15) is 0 Å². The molecule has 68 valence electrons. The topological polar surface area (TPSA) is 12.5 Å². The summed E-state index contributed by atoms with van der Waals surface area (Å²) in [6.07, 6.45) is 3.14. The van der Waals surface area contributed by atoms with E-state index < -0.39 is 0 Å². The van der Waals surface area contributed by atoms with E-state index in [0.29, 0.717) is 17.4 Å². The molecule has 0 aromatic carbocycles. The summed E-state index contributed by atoms with van der Waals surface area (Å²) in [7, 11) is 0. The van der Waals surface area contributed by atoms with Gasteiger partial charge in [0.25, 0.3) is 0 Å². The summed E-state index contributed by atoms with van der Waals surface area (Å²) in [5, 5.41) is 0. The fourth-order valence-electron chi connectivity index (χ4n) is 3.50. The molecule has 0 radical (unpaired) electrons. The van der Waals surface area contributed by atoms with Gasteiger partial charge in [-0.1, -0.05) is 13.8 Å². The van der Waals surface area contributed by atoms with Crippen LogP contribution in [0.5, 0.6) is 0 Å². The fourth-order valence-corrected chi connectivity index (χ4v) is 3.92. The summed E-state index contributed by atoms with van der Waals surface area (Å²) in [4.78, 5) is 0. The maximum Gasteiger partial charge on any atom is 0.112 e. The zero-order valence-corrected chi connectivity index (χ0v) is 8.40. The number of hydrogen-bond donors (Lipinski definition) is 0. The quantitative estimate of drug-likeness (QED) is 0.453. The summed E-state index contributed by atoms with van der Waals surface area (Å²) in [5.74, 6) is 2.36. The maximum absolute atomic E-state index is 5.98. The Hall–Kier alpha value is 0.250. The van der Waals surface area contributed by atoms with E-state index in [-0.39, 0.29) is 5.60 Å². The van der Waals surface area contributed by atoms with E-state index >= 15 is 0 Å². The molecule has 1 heterocycles. The lowest BCUT2D eigenvalue weighted by molar-refractivity contribution is -0.0778. The van der Waals surface area contributed by atoms with Crippen LogP contribution in [0.3, 0.4) is 0 Å². The molecular formula is C10H15ClO. The van der Waals surface area contributed by atoms with Crippen LogP contribution in [-0.4, -0.2) is 17.6 Å². The van der Waals surface area contributed by atoms with Crippen molar-refractivity contribution < 1.29 is 4.74 Å². The minimum Gasteiger partial charge on any atom is -0.364 e. The molecule has 0 N–H and O–H groups in total. The Labute approximate surface area is 78.4 Å². The van der Waals surface area contributed by atoms with E-state index in [1.807, 2.05) is 0 Å². The van der Waals surface area contributed by atoms with Crippen molar-refractivity contribution in [3.8, 4) is 0 Å². The second-order valence-corrected chi connectivity index (χ2v) is 5.50. The predicted octanol–water partition coefficient (Wildman–Crippen LogP) is 2.43. The summed E-state index contributed by atoms with van der Waals surface area (Å²) in [6.45, 7) is 4.75. The second kappa shape index (κ2) is 1.85. The van der Waals surface area contributed by atoms with Gasteiger partial charge in [-0.3, -0.25) is 0 Å². The second-order valence-electron chi connectivity index (χ2n) is 5.24. The van der Waals surface area contributed by atoms with E-state index in [2.05, 4.69) is 13.8 Å². The number of epoxide rings is 1. The van der Waals surface area contributed by atoms with Crippen molar-refractivity contribution in [2.75, 3.05) is 5.88 Å². The highest BCUT2D eigenvalue weighted by Crippen LogP contribution is 2.70. The first-order valence-corrected chi connectivity index (χ1v) is 5.38. The minimum atomic E-state index is 0.111. The predicted molar refractivity (Wildman–Crippen MR) is 48.3 cm³/mol. The van der Waals surface area contributed by atoms with Crippen molar-refractivity contribution in [1.82, 2.24) is 0 Å². The molecule has 12 heavy (non-hydrogen) atoms. The third kappa shape index (κ3) is 0.599. The molecule has 1 saturated heterocycles. The Bertz CT molecular complexity index is 238. The van der Waals surface area contributed by atoms with Gasteiger partial charge in [-0.25, -0.2) is 0 Å². The van der Waals surface area contributed by atoms with Crippen LogP contribution in [0.1, 0.15) is 26.7 Å². The molecule has 4 rings (SSSR count). The Balaban J connectivity index is 1.94. The molecule has 0 aromatic rings.